The highest BCUT2D eigenvalue weighted by Gasteiger charge is 2.20. The minimum atomic E-state index is -3.00. The lowest BCUT2D eigenvalue weighted by Crippen LogP contribution is -2.18. The van der Waals surface area contributed by atoms with Crippen LogP contribution in [-0.2, 0) is 0 Å². The lowest BCUT2D eigenvalue weighted by atomic mass is 10.1. The summed E-state index contributed by atoms with van der Waals surface area (Å²) in [5, 5.41) is 17.0. The van der Waals surface area contributed by atoms with Gasteiger partial charge in [0.05, 0.1) is 16.7 Å². The van der Waals surface area contributed by atoms with Gasteiger partial charge in [0, 0.05) is 18.3 Å². The third-order valence-electron chi connectivity index (χ3n) is 4.02. The molecule has 0 saturated heterocycles. The second-order valence-electron chi connectivity index (χ2n) is 6.24. The molecular weight excluding hydrogens is 386 g/mol. The summed E-state index contributed by atoms with van der Waals surface area (Å²) in [7, 11) is 0. The van der Waals surface area contributed by atoms with Crippen molar-refractivity contribution in [2.24, 2.45) is 0 Å². The Morgan fingerprint density at radius 3 is 2.66 bits per heavy atom. The number of aromatic nitrogens is 2. The summed E-state index contributed by atoms with van der Waals surface area (Å²) in [6, 6.07) is 10.3. The first-order chi connectivity index (χ1) is 13.7. The van der Waals surface area contributed by atoms with Crippen LogP contribution in [0.15, 0.2) is 48.7 Å². The molecule has 29 heavy (non-hydrogen) atoms. The summed E-state index contributed by atoms with van der Waals surface area (Å²) in [6.45, 7) is 0.691. The van der Waals surface area contributed by atoms with E-state index in [1.165, 1.54) is 12.1 Å². The molecule has 0 aliphatic rings. The van der Waals surface area contributed by atoms with Crippen molar-refractivity contribution in [3.63, 3.8) is 0 Å². The summed E-state index contributed by atoms with van der Waals surface area (Å²) in [5.41, 5.74) is 1.05. The third-order valence-corrected chi connectivity index (χ3v) is 4.02. The maximum absolute atomic E-state index is 12.9. The second-order valence-corrected chi connectivity index (χ2v) is 6.24. The van der Waals surface area contributed by atoms with Gasteiger partial charge in [-0.15, -0.1) is 0 Å². The molecule has 0 saturated carbocycles. The Hall–Kier alpha value is -3.82. The molecule has 150 valence electrons. The van der Waals surface area contributed by atoms with Crippen molar-refractivity contribution in [2.45, 2.75) is 20.4 Å². The number of ether oxygens (including phenoxy) is 1. The fourth-order valence-electron chi connectivity index (χ4n) is 2.61. The lowest BCUT2D eigenvalue weighted by Gasteiger charge is -2.12. The molecule has 1 heterocycles. The van der Waals surface area contributed by atoms with Crippen LogP contribution < -0.4 is 10.1 Å². The summed E-state index contributed by atoms with van der Waals surface area (Å²) in [4.78, 5) is 23.0. The Morgan fingerprint density at radius 2 is 1.97 bits per heavy atom. The van der Waals surface area contributed by atoms with Crippen molar-refractivity contribution in [2.75, 3.05) is 5.32 Å². The van der Waals surface area contributed by atoms with Crippen LogP contribution in [0, 0.1) is 24.0 Å². The second kappa shape index (κ2) is 8.05. The van der Waals surface area contributed by atoms with Gasteiger partial charge in [0.25, 0.3) is 11.6 Å². The first-order valence-corrected chi connectivity index (χ1v) is 8.42. The highest BCUT2D eigenvalue weighted by molar-refractivity contribution is 6.03. The highest BCUT2D eigenvalue weighted by Crippen LogP contribution is 2.32. The summed E-state index contributed by atoms with van der Waals surface area (Å²) >= 11 is 0. The van der Waals surface area contributed by atoms with Crippen LogP contribution in [-0.4, -0.2) is 20.6 Å². The van der Waals surface area contributed by atoms with E-state index in [4.69, 9.17) is 4.74 Å². The van der Waals surface area contributed by atoms with Crippen LogP contribution >= 0.6 is 0 Å². The number of hydrogen-bond donors (Lipinski definition) is 1. The van der Waals surface area contributed by atoms with E-state index in [9.17, 15) is 23.7 Å². The topological polar surface area (TPSA) is 99.3 Å². The van der Waals surface area contributed by atoms with Gasteiger partial charge in [-0.1, -0.05) is 12.1 Å². The molecule has 3 aromatic rings. The average molecular weight is 402 g/mol. The molecule has 0 aliphatic heterocycles. The number of benzene rings is 2. The summed E-state index contributed by atoms with van der Waals surface area (Å²) in [6.07, 6.45) is 1.06. The number of amides is 1. The van der Waals surface area contributed by atoms with E-state index in [1.807, 2.05) is 26.0 Å². The Kier molecular flexibility index (Phi) is 5.53. The predicted octanol–water partition coefficient (Wildman–Crippen LogP) is 4.85. The monoisotopic (exact) mass is 402 g/mol. The molecule has 0 fully saturated rings. The average Bonchev–Trinajstić information content (AvgIpc) is 3.15. The van der Waals surface area contributed by atoms with Gasteiger partial charge >= 0.3 is 6.55 Å². The minimum absolute atomic E-state index is 0.0199. The number of halogens is 2. The van der Waals surface area contributed by atoms with Crippen molar-refractivity contribution < 1.29 is 23.2 Å². The molecule has 0 radical (unpaired) electrons. The first-order valence-electron chi connectivity index (χ1n) is 8.42. The van der Waals surface area contributed by atoms with Gasteiger partial charge in [-0.25, -0.2) is 0 Å². The summed E-state index contributed by atoms with van der Waals surface area (Å²) in [5.74, 6) is -0.273. The fraction of sp³-hybridized carbons (Fsp3) is 0.158. The first kappa shape index (κ1) is 19.9. The van der Waals surface area contributed by atoms with E-state index in [-0.39, 0.29) is 27.5 Å². The van der Waals surface area contributed by atoms with Crippen molar-refractivity contribution in [1.82, 2.24) is 9.78 Å². The van der Waals surface area contributed by atoms with Gasteiger partial charge in [0.1, 0.15) is 17.2 Å². The Labute approximate surface area is 163 Å². The number of nitro benzene ring substituents is 1. The number of anilines is 1. The number of nitrogens with one attached hydrogen (secondary N) is 1. The normalized spacial score (nSPS) is 10.8. The predicted molar refractivity (Wildman–Crippen MR) is 101 cm³/mol. The maximum Gasteiger partial charge on any atom is 0.333 e. The lowest BCUT2D eigenvalue weighted by molar-refractivity contribution is -0.384. The van der Waals surface area contributed by atoms with E-state index in [2.05, 4.69) is 10.4 Å². The number of carbonyl (C=O) groups is 1. The SMILES string of the molecule is Cc1ccc(C)c(Oc2cc(NC(=O)c3ccnn3C(F)F)cc([N+](=O)[O-])c2)c1. The molecule has 1 amide bonds. The van der Waals surface area contributed by atoms with Gasteiger partial charge in [-0.05, 0) is 37.1 Å². The summed E-state index contributed by atoms with van der Waals surface area (Å²) < 4.78 is 31.8. The van der Waals surface area contributed by atoms with E-state index in [0.717, 1.165) is 29.5 Å². The zero-order valence-electron chi connectivity index (χ0n) is 15.4. The third kappa shape index (κ3) is 4.54. The van der Waals surface area contributed by atoms with E-state index < -0.39 is 17.4 Å². The number of alkyl halides is 2. The largest absolute Gasteiger partial charge is 0.457 e. The fourth-order valence-corrected chi connectivity index (χ4v) is 2.61. The van der Waals surface area contributed by atoms with Crippen LogP contribution in [0.25, 0.3) is 0 Å². The molecule has 3 rings (SSSR count). The van der Waals surface area contributed by atoms with Crippen LogP contribution in [0.1, 0.15) is 28.2 Å². The molecule has 1 aromatic heterocycles. The molecule has 2 aromatic carbocycles. The van der Waals surface area contributed by atoms with Crippen molar-refractivity contribution >= 4 is 17.3 Å². The number of carbonyl (C=O) groups excluding carboxylic acids is 1. The Balaban J connectivity index is 1.92. The van der Waals surface area contributed by atoms with Gasteiger partial charge in [-0.3, -0.25) is 14.9 Å². The minimum Gasteiger partial charge on any atom is -0.457 e. The molecule has 0 spiro atoms. The molecule has 10 heteroatoms. The smallest absolute Gasteiger partial charge is 0.333 e. The van der Waals surface area contributed by atoms with E-state index >= 15 is 0 Å². The van der Waals surface area contributed by atoms with Gasteiger partial charge in [0.2, 0.25) is 0 Å². The zero-order valence-corrected chi connectivity index (χ0v) is 15.4. The molecule has 0 aliphatic carbocycles. The maximum atomic E-state index is 12.9. The van der Waals surface area contributed by atoms with Gasteiger partial charge in [-0.2, -0.15) is 18.6 Å². The number of aryl methyl sites for hydroxylation is 2. The van der Waals surface area contributed by atoms with E-state index in [1.54, 1.807) is 6.07 Å². The number of nitro groups is 1. The van der Waals surface area contributed by atoms with Crippen LogP contribution in [0.5, 0.6) is 11.5 Å². The quantitative estimate of drug-likeness (QED) is 0.469. The molecule has 0 unspecified atom stereocenters. The standard InChI is InChI=1S/C19H16F2N4O4/c1-11-3-4-12(2)17(7-11)29-15-9-13(8-14(10-15)25(27)28)23-18(26)16-5-6-22-24(16)19(20)21/h3-10,19H,1-2H3,(H,23,26). The molecule has 0 bridgehead atoms. The van der Waals surface area contributed by atoms with Crippen LogP contribution in [0.2, 0.25) is 0 Å². The van der Waals surface area contributed by atoms with E-state index in [0.29, 0.717) is 5.75 Å². The number of non-ortho nitro benzene ring substituents is 1. The van der Waals surface area contributed by atoms with Crippen molar-refractivity contribution in [3.05, 3.63) is 75.6 Å². The molecule has 1 N–H and O–H groups in total. The zero-order chi connectivity index (χ0) is 21.1. The van der Waals surface area contributed by atoms with Crippen LogP contribution in [0.4, 0.5) is 20.2 Å². The highest BCUT2D eigenvalue weighted by atomic mass is 19.3. The number of nitrogens with zero attached hydrogens (tertiary/aromatic N) is 3. The molecular formula is C19H16F2N4O4. The van der Waals surface area contributed by atoms with Gasteiger partial charge in [0.15, 0.2) is 0 Å². The molecule has 8 nitrogen and oxygen atoms in total. The number of rotatable bonds is 6. The van der Waals surface area contributed by atoms with Crippen molar-refractivity contribution in [1.29, 1.82) is 0 Å². The van der Waals surface area contributed by atoms with Gasteiger partial charge < -0.3 is 10.1 Å². The van der Waals surface area contributed by atoms with Crippen molar-refractivity contribution in [3.8, 4) is 11.5 Å². The van der Waals surface area contributed by atoms with Crippen LogP contribution in [0.3, 0.4) is 0 Å². The Morgan fingerprint density at radius 1 is 1.21 bits per heavy atom. The Bertz CT molecular complexity index is 1080. The number of hydrogen-bond acceptors (Lipinski definition) is 5. The molecule has 0 atom stereocenters.